The summed E-state index contributed by atoms with van der Waals surface area (Å²) >= 11 is 0. The summed E-state index contributed by atoms with van der Waals surface area (Å²) in [5.74, 6) is -0.566. The van der Waals surface area contributed by atoms with Crippen molar-refractivity contribution < 1.29 is 14.3 Å². The van der Waals surface area contributed by atoms with Gasteiger partial charge in [-0.15, -0.1) is 4.91 Å². The number of piperidine rings is 1. The number of rotatable bonds is 2. The van der Waals surface area contributed by atoms with E-state index in [1.807, 2.05) is 0 Å². The molecule has 0 atom stereocenters. The Kier molecular flexibility index (Phi) is 3.39. The Labute approximate surface area is 87.5 Å². The highest BCUT2D eigenvalue weighted by Gasteiger charge is 2.39. The molecular formula is C9H14N2O4. The van der Waals surface area contributed by atoms with Gasteiger partial charge in [0.15, 0.2) is 0 Å². The van der Waals surface area contributed by atoms with E-state index < -0.39 is 11.7 Å². The number of ether oxygens (including phenoxy) is 1. The molecule has 1 saturated heterocycles. The van der Waals surface area contributed by atoms with Crippen LogP contribution in [0.25, 0.3) is 0 Å². The van der Waals surface area contributed by atoms with E-state index in [1.54, 1.807) is 4.90 Å². The van der Waals surface area contributed by atoms with Crippen LogP contribution in [0.2, 0.25) is 0 Å². The van der Waals surface area contributed by atoms with E-state index in [9.17, 15) is 14.5 Å². The van der Waals surface area contributed by atoms with E-state index in [4.69, 9.17) is 4.74 Å². The van der Waals surface area contributed by atoms with Crippen LogP contribution in [0.1, 0.15) is 26.7 Å². The lowest BCUT2D eigenvalue weighted by Gasteiger charge is -2.35. The van der Waals surface area contributed by atoms with Crippen molar-refractivity contribution in [1.82, 2.24) is 4.90 Å². The molecular weight excluding hydrogens is 200 g/mol. The molecule has 0 saturated carbocycles. The molecule has 0 unspecified atom stereocenters. The van der Waals surface area contributed by atoms with Crippen molar-refractivity contribution in [2.45, 2.75) is 32.4 Å². The molecule has 6 nitrogen and oxygen atoms in total. The highest BCUT2D eigenvalue weighted by molar-refractivity contribution is 5.73. The third-order valence-corrected chi connectivity index (χ3v) is 2.49. The molecule has 0 aliphatic carbocycles. The molecule has 0 aromatic carbocycles. The highest BCUT2D eigenvalue weighted by Crippen LogP contribution is 2.27. The summed E-state index contributed by atoms with van der Waals surface area (Å²) in [6, 6.07) is 0. The van der Waals surface area contributed by atoms with Crippen LogP contribution < -0.4 is 0 Å². The van der Waals surface area contributed by atoms with Crippen molar-refractivity contribution in [3.63, 3.8) is 0 Å². The van der Waals surface area contributed by atoms with Crippen molar-refractivity contribution in [1.29, 1.82) is 0 Å². The number of hydrogen-bond acceptors (Lipinski definition) is 5. The minimum atomic E-state index is -1.27. The first-order valence-corrected chi connectivity index (χ1v) is 4.79. The Balaban J connectivity index is 2.62. The van der Waals surface area contributed by atoms with Gasteiger partial charge in [0.25, 0.3) is 0 Å². The van der Waals surface area contributed by atoms with E-state index >= 15 is 0 Å². The van der Waals surface area contributed by atoms with Crippen LogP contribution >= 0.6 is 0 Å². The Morgan fingerprint density at radius 2 is 1.80 bits per heavy atom. The van der Waals surface area contributed by atoms with Crippen LogP contribution in [-0.4, -0.2) is 35.6 Å². The highest BCUT2D eigenvalue weighted by atomic mass is 16.6. The van der Waals surface area contributed by atoms with Gasteiger partial charge in [-0.25, -0.2) is 0 Å². The van der Waals surface area contributed by atoms with Gasteiger partial charge in [0.05, 0.1) is 0 Å². The second-order valence-corrected chi connectivity index (χ2v) is 3.64. The van der Waals surface area contributed by atoms with E-state index in [1.165, 1.54) is 13.8 Å². The summed E-state index contributed by atoms with van der Waals surface area (Å²) in [6.45, 7) is 3.50. The quantitative estimate of drug-likeness (QED) is 0.499. The van der Waals surface area contributed by atoms with Crippen LogP contribution in [0.4, 0.5) is 0 Å². The molecule has 0 aromatic rings. The molecule has 0 radical (unpaired) electrons. The summed E-state index contributed by atoms with van der Waals surface area (Å²) in [4.78, 5) is 34.1. The average Bonchev–Trinajstić information content (AvgIpc) is 2.17. The number of carbonyl (C=O) groups is 2. The lowest BCUT2D eigenvalue weighted by Crippen LogP contribution is -2.47. The van der Waals surface area contributed by atoms with Crippen molar-refractivity contribution >= 4 is 11.9 Å². The van der Waals surface area contributed by atoms with Crippen LogP contribution in [0.15, 0.2) is 5.18 Å². The van der Waals surface area contributed by atoms with Gasteiger partial charge in [0.2, 0.25) is 11.6 Å². The minimum absolute atomic E-state index is 0.0441. The fourth-order valence-electron chi connectivity index (χ4n) is 1.65. The first-order valence-electron chi connectivity index (χ1n) is 4.79. The summed E-state index contributed by atoms with van der Waals surface area (Å²) in [7, 11) is 0. The summed E-state index contributed by atoms with van der Waals surface area (Å²) < 4.78 is 4.90. The average molecular weight is 214 g/mol. The van der Waals surface area contributed by atoms with Crippen LogP contribution in [0.3, 0.4) is 0 Å². The van der Waals surface area contributed by atoms with Crippen molar-refractivity contribution in [3.05, 3.63) is 4.91 Å². The van der Waals surface area contributed by atoms with Gasteiger partial charge in [-0.1, -0.05) is 0 Å². The van der Waals surface area contributed by atoms with Gasteiger partial charge >= 0.3 is 5.97 Å². The monoisotopic (exact) mass is 214 g/mol. The topological polar surface area (TPSA) is 76.0 Å². The predicted octanol–water partition coefficient (Wildman–Crippen LogP) is 0.655. The second-order valence-electron chi connectivity index (χ2n) is 3.64. The van der Waals surface area contributed by atoms with Gasteiger partial charge in [-0.05, 0) is 5.18 Å². The number of esters is 1. The standard InChI is InChI=1S/C9H14N2O4/c1-7(12)11-5-3-9(10-14,4-6-11)15-8(2)13/h3-6H2,1-2H3. The predicted molar refractivity (Wildman–Crippen MR) is 51.8 cm³/mol. The van der Waals surface area contributed by atoms with Crippen molar-refractivity contribution in [2.75, 3.05) is 13.1 Å². The zero-order valence-electron chi connectivity index (χ0n) is 8.86. The van der Waals surface area contributed by atoms with Gasteiger partial charge in [0.1, 0.15) is 0 Å². The van der Waals surface area contributed by atoms with Crippen LogP contribution in [-0.2, 0) is 14.3 Å². The maximum absolute atomic E-state index is 11.0. The Morgan fingerprint density at radius 1 is 1.27 bits per heavy atom. The molecule has 1 amide bonds. The molecule has 6 heteroatoms. The molecule has 0 spiro atoms. The molecule has 1 aliphatic heterocycles. The number of hydrogen-bond donors (Lipinski definition) is 0. The van der Waals surface area contributed by atoms with Crippen molar-refractivity contribution in [3.8, 4) is 0 Å². The number of nitrogens with zero attached hydrogens (tertiary/aromatic N) is 2. The molecule has 1 rings (SSSR count). The second kappa shape index (κ2) is 4.37. The fraction of sp³-hybridized carbons (Fsp3) is 0.778. The number of amides is 1. The molecule has 0 aromatic heterocycles. The molecule has 1 fully saturated rings. The van der Waals surface area contributed by atoms with E-state index in [0.29, 0.717) is 13.1 Å². The zero-order valence-corrected chi connectivity index (χ0v) is 8.86. The molecule has 1 aliphatic rings. The normalized spacial score (nSPS) is 19.5. The third kappa shape index (κ3) is 2.74. The summed E-state index contributed by atoms with van der Waals surface area (Å²) in [5.41, 5.74) is -1.27. The number of likely N-dealkylation sites (tertiary alicyclic amines) is 1. The largest absolute Gasteiger partial charge is 0.434 e. The van der Waals surface area contributed by atoms with Gasteiger partial charge in [0, 0.05) is 39.8 Å². The number of carbonyl (C=O) groups excluding carboxylic acids is 2. The van der Waals surface area contributed by atoms with E-state index in [-0.39, 0.29) is 18.7 Å². The Bertz CT molecular complexity index is 282. The van der Waals surface area contributed by atoms with Crippen molar-refractivity contribution in [2.24, 2.45) is 5.18 Å². The maximum Gasteiger partial charge on any atom is 0.304 e. The number of nitroso groups, excluding NO2 is 1. The lowest BCUT2D eigenvalue weighted by molar-refractivity contribution is -0.162. The summed E-state index contributed by atoms with van der Waals surface area (Å²) in [5, 5.41) is 2.88. The molecule has 0 bridgehead atoms. The fourth-order valence-corrected chi connectivity index (χ4v) is 1.65. The first kappa shape index (κ1) is 11.6. The van der Waals surface area contributed by atoms with Crippen LogP contribution in [0, 0.1) is 4.91 Å². The van der Waals surface area contributed by atoms with Gasteiger partial charge < -0.3 is 9.64 Å². The maximum atomic E-state index is 11.0. The van der Waals surface area contributed by atoms with E-state index in [0.717, 1.165) is 0 Å². The molecule has 1 heterocycles. The van der Waals surface area contributed by atoms with Gasteiger partial charge in [-0.3, -0.25) is 9.59 Å². The molecule has 84 valence electrons. The minimum Gasteiger partial charge on any atom is -0.434 e. The Morgan fingerprint density at radius 3 is 2.13 bits per heavy atom. The summed E-state index contributed by atoms with van der Waals surface area (Å²) in [6.07, 6.45) is 0.547. The van der Waals surface area contributed by atoms with E-state index in [2.05, 4.69) is 5.18 Å². The smallest absolute Gasteiger partial charge is 0.304 e. The molecule has 15 heavy (non-hydrogen) atoms. The Hall–Kier alpha value is -1.46. The molecule has 0 N–H and O–H groups in total. The first-order chi connectivity index (χ1) is 6.99. The lowest BCUT2D eigenvalue weighted by atomic mass is 10.0. The zero-order chi connectivity index (χ0) is 11.5. The SMILES string of the molecule is CC(=O)OC1(N=O)CCN(C(C)=O)CC1. The van der Waals surface area contributed by atoms with Crippen LogP contribution in [0.5, 0.6) is 0 Å². The van der Waals surface area contributed by atoms with Gasteiger partial charge in [-0.2, -0.15) is 0 Å². The third-order valence-electron chi connectivity index (χ3n) is 2.49.